The molecule has 1 aromatic heterocycles. The van der Waals surface area contributed by atoms with Gasteiger partial charge in [-0.15, -0.1) is 0 Å². The zero-order chi connectivity index (χ0) is 16.9. The maximum atomic E-state index is 12.4. The molecule has 0 spiro atoms. The lowest BCUT2D eigenvalue weighted by atomic mass is 10.2. The Bertz CT molecular complexity index is 803. The van der Waals surface area contributed by atoms with E-state index in [0.717, 1.165) is 12.8 Å². The molecule has 0 N–H and O–H groups in total. The van der Waals surface area contributed by atoms with Crippen LogP contribution in [0.5, 0.6) is 0 Å². The molecule has 0 unspecified atom stereocenters. The molecule has 0 radical (unpaired) electrons. The lowest BCUT2D eigenvalue weighted by Crippen LogP contribution is -2.08. The molecule has 6 nitrogen and oxygen atoms in total. The van der Waals surface area contributed by atoms with Gasteiger partial charge in [-0.25, -0.2) is 13.2 Å². The summed E-state index contributed by atoms with van der Waals surface area (Å²) in [7, 11) is -3.94. The maximum absolute atomic E-state index is 12.4. The number of hydrogen-bond acceptors (Lipinski definition) is 6. The second-order valence-corrected chi connectivity index (χ2v) is 6.68. The SMILES string of the molecule is CCCCOC(=O)c1cccc(S(=O)(=O)c2ccc(C=O)o2)c1. The lowest BCUT2D eigenvalue weighted by Gasteiger charge is -2.06. The van der Waals surface area contributed by atoms with E-state index in [4.69, 9.17) is 9.15 Å². The van der Waals surface area contributed by atoms with Crippen molar-refractivity contribution in [1.82, 2.24) is 0 Å². The first-order chi connectivity index (χ1) is 11.0. The largest absolute Gasteiger partial charge is 0.462 e. The van der Waals surface area contributed by atoms with Gasteiger partial charge in [0.05, 0.1) is 17.1 Å². The van der Waals surface area contributed by atoms with Crippen molar-refractivity contribution in [2.45, 2.75) is 29.8 Å². The Hall–Kier alpha value is -2.41. The third kappa shape index (κ3) is 3.87. The van der Waals surface area contributed by atoms with Crippen LogP contribution < -0.4 is 0 Å². The average Bonchev–Trinajstić information content (AvgIpc) is 3.05. The predicted octanol–water partition coefficient (Wildman–Crippen LogP) is 2.88. The van der Waals surface area contributed by atoms with Crippen LogP contribution in [0.25, 0.3) is 0 Å². The molecule has 2 rings (SSSR count). The number of hydrogen-bond donors (Lipinski definition) is 0. The van der Waals surface area contributed by atoms with E-state index >= 15 is 0 Å². The molecule has 0 aliphatic rings. The Morgan fingerprint density at radius 1 is 1.26 bits per heavy atom. The van der Waals surface area contributed by atoms with Gasteiger partial charge < -0.3 is 9.15 Å². The maximum Gasteiger partial charge on any atom is 0.338 e. The van der Waals surface area contributed by atoms with E-state index in [1.54, 1.807) is 0 Å². The summed E-state index contributed by atoms with van der Waals surface area (Å²) in [5, 5.41) is -0.351. The third-order valence-electron chi connectivity index (χ3n) is 3.09. The molecule has 1 aromatic carbocycles. The lowest BCUT2D eigenvalue weighted by molar-refractivity contribution is 0.0499. The van der Waals surface area contributed by atoms with Crippen LogP contribution in [0.1, 0.15) is 40.7 Å². The molecule has 122 valence electrons. The van der Waals surface area contributed by atoms with Crippen molar-refractivity contribution in [1.29, 1.82) is 0 Å². The molecular formula is C16H16O6S. The fourth-order valence-electron chi connectivity index (χ4n) is 1.84. The highest BCUT2D eigenvalue weighted by Crippen LogP contribution is 2.23. The van der Waals surface area contributed by atoms with Gasteiger partial charge >= 0.3 is 5.97 Å². The van der Waals surface area contributed by atoms with E-state index in [2.05, 4.69) is 0 Å². The van der Waals surface area contributed by atoms with E-state index in [-0.39, 0.29) is 27.9 Å². The number of esters is 1. The molecule has 23 heavy (non-hydrogen) atoms. The van der Waals surface area contributed by atoms with Crippen LogP contribution in [0.4, 0.5) is 0 Å². The molecule has 0 fully saturated rings. The van der Waals surface area contributed by atoms with E-state index < -0.39 is 15.8 Å². The first-order valence-electron chi connectivity index (χ1n) is 7.06. The molecule has 0 atom stereocenters. The highest BCUT2D eigenvalue weighted by Gasteiger charge is 2.23. The highest BCUT2D eigenvalue weighted by atomic mass is 32.2. The van der Waals surface area contributed by atoms with Gasteiger partial charge in [0.1, 0.15) is 0 Å². The zero-order valence-electron chi connectivity index (χ0n) is 12.5. The van der Waals surface area contributed by atoms with Crippen LogP contribution in [0.2, 0.25) is 0 Å². The summed E-state index contributed by atoms with van der Waals surface area (Å²) >= 11 is 0. The van der Waals surface area contributed by atoms with Crippen LogP contribution in [0, 0.1) is 0 Å². The molecular weight excluding hydrogens is 320 g/mol. The summed E-state index contributed by atoms with van der Waals surface area (Å²) in [6.07, 6.45) is 2.05. The number of benzene rings is 1. The van der Waals surface area contributed by atoms with Gasteiger partial charge in [-0.2, -0.15) is 0 Å². The Kier molecular flexibility index (Phi) is 5.33. The molecule has 7 heteroatoms. The molecule has 0 amide bonds. The number of sulfone groups is 1. The summed E-state index contributed by atoms with van der Waals surface area (Å²) < 4.78 is 34.9. The number of rotatable bonds is 7. The zero-order valence-corrected chi connectivity index (χ0v) is 13.3. The van der Waals surface area contributed by atoms with E-state index in [1.165, 1.54) is 36.4 Å². The van der Waals surface area contributed by atoms with Crippen molar-refractivity contribution in [3.63, 3.8) is 0 Å². The Balaban J connectivity index is 2.28. The predicted molar refractivity (Wildman–Crippen MR) is 81.2 cm³/mol. The summed E-state index contributed by atoms with van der Waals surface area (Å²) in [6, 6.07) is 7.97. The van der Waals surface area contributed by atoms with Crippen molar-refractivity contribution in [2.24, 2.45) is 0 Å². The van der Waals surface area contributed by atoms with Crippen LogP contribution in [0.15, 0.2) is 50.8 Å². The van der Waals surface area contributed by atoms with Gasteiger partial charge in [-0.3, -0.25) is 4.79 Å². The Morgan fingerprint density at radius 2 is 2.04 bits per heavy atom. The summed E-state index contributed by atoms with van der Waals surface area (Å²) in [4.78, 5) is 22.4. The molecule has 0 bridgehead atoms. The van der Waals surface area contributed by atoms with E-state index in [1.807, 2.05) is 6.92 Å². The minimum atomic E-state index is -3.94. The molecule has 0 saturated carbocycles. The molecule has 0 aliphatic carbocycles. The van der Waals surface area contributed by atoms with Crippen LogP contribution in [-0.2, 0) is 14.6 Å². The van der Waals surface area contributed by atoms with Gasteiger partial charge in [0.15, 0.2) is 12.0 Å². The Labute approximate surface area is 134 Å². The normalized spacial score (nSPS) is 11.2. The number of furan rings is 1. The van der Waals surface area contributed by atoms with Gasteiger partial charge in [-0.1, -0.05) is 19.4 Å². The van der Waals surface area contributed by atoms with Crippen molar-refractivity contribution >= 4 is 22.1 Å². The second kappa shape index (κ2) is 7.23. The molecule has 0 aliphatic heterocycles. The summed E-state index contributed by atoms with van der Waals surface area (Å²) in [6.45, 7) is 2.26. The van der Waals surface area contributed by atoms with Crippen LogP contribution in [0.3, 0.4) is 0 Å². The topological polar surface area (TPSA) is 90.7 Å². The number of carbonyl (C=O) groups is 2. The smallest absolute Gasteiger partial charge is 0.338 e. The molecule has 1 heterocycles. The Morgan fingerprint density at radius 3 is 2.70 bits per heavy atom. The van der Waals surface area contributed by atoms with E-state index in [9.17, 15) is 18.0 Å². The van der Waals surface area contributed by atoms with Gasteiger partial charge in [0.25, 0.3) is 0 Å². The van der Waals surface area contributed by atoms with Gasteiger partial charge in [0.2, 0.25) is 14.9 Å². The first-order valence-corrected chi connectivity index (χ1v) is 8.54. The quantitative estimate of drug-likeness (QED) is 0.439. The van der Waals surface area contributed by atoms with Crippen LogP contribution in [-0.4, -0.2) is 27.3 Å². The van der Waals surface area contributed by atoms with Crippen LogP contribution >= 0.6 is 0 Å². The fourth-order valence-corrected chi connectivity index (χ4v) is 3.07. The number of ether oxygens (including phenoxy) is 1. The van der Waals surface area contributed by atoms with E-state index in [0.29, 0.717) is 6.29 Å². The standard InChI is InChI=1S/C16H16O6S/c1-2-3-9-21-16(18)12-5-4-6-14(10-12)23(19,20)15-8-7-13(11-17)22-15/h4-8,10-11H,2-3,9H2,1H3. The van der Waals surface area contributed by atoms with Gasteiger partial charge in [-0.05, 0) is 36.8 Å². The first kappa shape index (κ1) is 17.0. The number of unbranched alkanes of at least 4 members (excludes halogenated alkanes) is 1. The molecule has 0 saturated heterocycles. The van der Waals surface area contributed by atoms with Crippen molar-refractivity contribution in [2.75, 3.05) is 6.61 Å². The van der Waals surface area contributed by atoms with Crippen molar-refractivity contribution in [3.05, 3.63) is 47.7 Å². The fraction of sp³-hybridized carbons (Fsp3) is 0.250. The third-order valence-corrected chi connectivity index (χ3v) is 4.72. The highest BCUT2D eigenvalue weighted by molar-refractivity contribution is 7.91. The average molecular weight is 336 g/mol. The minimum absolute atomic E-state index is 0.0845. The number of aldehydes is 1. The minimum Gasteiger partial charge on any atom is -0.462 e. The van der Waals surface area contributed by atoms with Gasteiger partial charge in [0, 0.05) is 0 Å². The second-order valence-electron chi connectivity index (χ2n) is 4.80. The molecule has 2 aromatic rings. The number of carbonyl (C=O) groups excluding carboxylic acids is 2. The summed E-state index contributed by atoms with van der Waals surface area (Å²) in [5.41, 5.74) is 0.143. The van der Waals surface area contributed by atoms with Crippen molar-refractivity contribution in [3.8, 4) is 0 Å². The summed E-state index contributed by atoms with van der Waals surface area (Å²) in [5.74, 6) is -0.665. The van der Waals surface area contributed by atoms with Crippen molar-refractivity contribution < 1.29 is 27.2 Å². The monoisotopic (exact) mass is 336 g/mol.